The van der Waals surface area contributed by atoms with Gasteiger partial charge in [-0.3, -0.25) is 4.79 Å². The Morgan fingerprint density at radius 3 is 2.41 bits per heavy atom. The third-order valence-corrected chi connectivity index (χ3v) is 2.57. The Hall–Kier alpha value is -1.75. The molecule has 0 aliphatic carbocycles. The minimum atomic E-state index is -1.27. The Balaban J connectivity index is 2.76. The number of nitrogens with two attached hydrogens (primary N) is 1. The first-order valence-electron chi connectivity index (χ1n) is 5.24. The van der Waals surface area contributed by atoms with Crippen molar-refractivity contribution in [1.82, 2.24) is 0 Å². The molecule has 0 bridgehead atoms. The Morgan fingerprint density at radius 1 is 1.47 bits per heavy atom. The van der Waals surface area contributed by atoms with Gasteiger partial charge in [0.1, 0.15) is 11.3 Å². The Labute approximate surface area is 101 Å². The summed E-state index contributed by atoms with van der Waals surface area (Å²) in [6.07, 6.45) is 0. The number of carboxylic acids is 1. The van der Waals surface area contributed by atoms with E-state index in [1.165, 1.54) is 6.92 Å². The van der Waals surface area contributed by atoms with E-state index in [9.17, 15) is 4.79 Å². The molecule has 1 atom stereocenters. The van der Waals surface area contributed by atoms with Crippen LogP contribution in [0.25, 0.3) is 0 Å². The van der Waals surface area contributed by atoms with Gasteiger partial charge in [0.2, 0.25) is 0 Å². The highest BCUT2D eigenvalue weighted by atomic mass is 16.5. The quantitative estimate of drug-likeness (QED) is 0.798. The second kappa shape index (κ2) is 5.05. The topological polar surface area (TPSA) is 75.8 Å². The summed E-state index contributed by atoms with van der Waals surface area (Å²) < 4.78 is 5.05. The molecule has 0 fully saturated rings. The maximum Gasteiger partial charge on any atom is 0.325 e. The first-order valence-corrected chi connectivity index (χ1v) is 5.24. The molecular formula is C12H18N2O3. The fraction of sp³-hybridized carbons (Fsp3) is 0.417. The lowest BCUT2D eigenvalue weighted by Crippen LogP contribution is -2.53. The number of benzene rings is 1. The van der Waals surface area contributed by atoms with E-state index in [0.717, 1.165) is 11.4 Å². The summed E-state index contributed by atoms with van der Waals surface area (Å²) in [4.78, 5) is 12.7. The van der Waals surface area contributed by atoms with E-state index in [0.29, 0.717) is 0 Å². The number of aliphatic carboxylic acids is 1. The van der Waals surface area contributed by atoms with E-state index in [2.05, 4.69) is 0 Å². The fourth-order valence-electron chi connectivity index (χ4n) is 1.49. The van der Waals surface area contributed by atoms with E-state index in [-0.39, 0.29) is 6.54 Å². The van der Waals surface area contributed by atoms with Gasteiger partial charge >= 0.3 is 5.97 Å². The molecule has 0 saturated heterocycles. The summed E-state index contributed by atoms with van der Waals surface area (Å²) in [5.41, 5.74) is 5.31. The molecule has 0 saturated carbocycles. The average molecular weight is 238 g/mol. The van der Waals surface area contributed by atoms with Gasteiger partial charge in [-0.05, 0) is 31.2 Å². The molecular weight excluding hydrogens is 220 g/mol. The van der Waals surface area contributed by atoms with E-state index >= 15 is 0 Å². The summed E-state index contributed by atoms with van der Waals surface area (Å²) in [5, 5.41) is 8.95. The molecule has 0 aliphatic heterocycles. The monoisotopic (exact) mass is 238 g/mol. The highest BCUT2D eigenvalue weighted by Gasteiger charge is 2.29. The lowest BCUT2D eigenvalue weighted by molar-refractivity contribution is -0.142. The van der Waals surface area contributed by atoms with Crippen LogP contribution < -0.4 is 15.4 Å². The third kappa shape index (κ3) is 3.35. The highest BCUT2D eigenvalue weighted by Crippen LogP contribution is 2.19. The molecule has 1 aromatic rings. The van der Waals surface area contributed by atoms with Crippen LogP contribution in [0.5, 0.6) is 5.75 Å². The zero-order chi connectivity index (χ0) is 13.1. The van der Waals surface area contributed by atoms with Crippen molar-refractivity contribution < 1.29 is 14.6 Å². The molecule has 0 amide bonds. The molecule has 1 rings (SSSR count). The molecule has 1 unspecified atom stereocenters. The number of anilines is 1. The van der Waals surface area contributed by atoms with E-state index in [1.54, 1.807) is 19.1 Å². The maximum absolute atomic E-state index is 10.9. The maximum atomic E-state index is 10.9. The molecule has 0 aromatic heterocycles. The number of hydrogen-bond donors (Lipinski definition) is 2. The van der Waals surface area contributed by atoms with Crippen LogP contribution in [-0.4, -0.2) is 37.3 Å². The van der Waals surface area contributed by atoms with Crippen LogP contribution in [0.15, 0.2) is 24.3 Å². The van der Waals surface area contributed by atoms with Gasteiger partial charge in [0.15, 0.2) is 0 Å². The Morgan fingerprint density at radius 2 is 2.00 bits per heavy atom. The summed E-state index contributed by atoms with van der Waals surface area (Å²) in [6, 6.07) is 7.36. The van der Waals surface area contributed by atoms with Gasteiger partial charge < -0.3 is 20.5 Å². The summed E-state index contributed by atoms with van der Waals surface area (Å²) in [7, 11) is 3.40. The molecule has 5 heteroatoms. The van der Waals surface area contributed by atoms with Crippen LogP contribution in [-0.2, 0) is 4.79 Å². The Bertz CT molecular complexity index is 387. The average Bonchev–Trinajstić information content (AvgIpc) is 2.28. The van der Waals surface area contributed by atoms with Gasteiger partial charge in [0.25, 0.3) is 0 Å². The number of nitrogens with zero attached hydrogens (tertiary/aromatic N) is 1. The standard InChI is InChI=1S/C12H18N2O3/c1-12(13,11(15)16)8-14(2)9-4-6-10(17-3)7-5-9/h4-7H,8,13H2,1-3H3,(H,15,16). The molecule has 5 nitrogen and oxygen atoms in total. The predicted octanol–water partition coefficient (Wildman–Crippen LogP) is 0.933. The van der Waals surface area contributed by atoms with Crippen LogP contribution in [0, 0.1) is 0 Å². The number of ether oxygens (including phenoxy) is 1. The van der Waals surface area contributed by atoms with Crippen molar-refractivity contribution in [2.45, 2.75) is 12.5 Å². The van der Waals surface area contributed by atoms with Crippen molar-refractivity contribution in [3.05, 3.63) is 24.3 Å². The first-order chi connectivity index (χ1) is 7.86. The number of carbonyl (C=O) groups is 1. The first kappa shape index (κ1) is 13.3. The van der Waals surface area contributed by atoms with Crippen molar-refractivity contribution in [1.29, 1.82) is 0 Å². The van der Waals surface area contributed by atoms with Gasteiger partial charge in [-0.15, -0.1) is 0 Å². The van der Waals surface area contributed by atoms with Crippen LogP contribution >= 0.6 is 0 Å². The summed E-state index contributed by atoms with van der Waals surface area (Å²) >= 11 is 0. The van der Waals surface area contributed by atoms with Gasteiger partial charge in [-0.1, -0.05) is 0 Å². The molecule has 1 aromatic carbocycles. The SMILES string of the molecule is COc1ccc(N(C)CC(C)(N)C(=O)O)cc1. The minimum absolute atomic E-state index is 0.231. The number of carboxylic acid groups (broad SMARTS) is 1. The van der Waals surface area contributed by atoms with Gasteiger partial charge in [-0.25, -0.2) is 0 Å². The van der Waals surface area contributed by atoms with Crippen LogP contribution in [0.3, 0.4) is 0 Å². The van der Waals surface area contributed by atoms with Gasteiger partial charge in [-0.2, -0.15) is 0 Å². The second-order valence-electron chi connectivity index (χ2n) is 4.28. The smallest absolute Gasteiger partial charge is 0.325 e. The van der Waals surface area contributed by atoms with Gasteiger partial charge in [0, 0.05) is 19.3 Å². The van der Waals surface area contributed by atoms with Crippen molar-refractivity contribution in [2.75, 3.05) is 25.6 Å². The fourth-order valence-corrected chi connectivity index (χ4v) is 1.49. The molecule has 0 radical (unpaired) electrons. The van der Waals surface area contributed by atoms with Crippen LogP contribution in [0.1, 0.15) is 6.92 Å². The van der Waals surface area contributed by atoms with E-state index in [1.807, 2.05) is 24.3 Å². The zero-order valence-electron chi connectivity index (χ0n) is 10.3. The molecule has 0 aliphatic rings. The Kier molecular flexibility index (Phi) is 3.96. The van der Waals surface area contributed by atoms with Crippen molar-refractivity contribution >= 4 is 11.7 Å². The van der Waals surface area contributed by atoms with E-state index in [4.69, 9.17) is 15.6 Å². The summed E-state index contributed by atoms with van der Waals surface area (Å²) in [5.74, 6) is -0.256. The number of hydrogen-bond acceptors (Lipinski definition) is 4. The molecule has 94 valence electrons. The van der Waals surface area contributed by atoms with Crippen molar-refractivity contribution in [3.63, 3.8) is 0 Å². The predicted molar refractivity (Wildman–Crippen MR) is 66.5 cm³/mol. The lowest BCUT2D eigenvalue weighted by Gasteiger charge is -2.28. The molecule has 0 spiro atoms. The van der Waals surface area contributed by atoms with Crippen LogP contribution in [0.4, 0.5) is 5.69 Å². The van der Waals surface area contributed by atoms with Crippen molar-refractivity contribution in [2.24, 2.45) is 5.73 Å². The molecule has 17 heavy (non-hydrogen) atoms. The van der Waals surface area contributed by atoms with Crippen LogP contribution in [0.2, 0.25) is 0 Å². The molecule has 0 heterocycles. The molecule has 3 N–H and O–H groups in total. The van der Waals surface area contributed by atoms with Gasteiger partial charge in [0.05, 0.1) is 7.11 Å². The van der Waals surface area contributed by atoms with Crippen molar-refractivity contribution in [3.8, 4) is 5.75 Å². The minimum Gasteiger partial charge on any atom is -0.497 e. The normalized spacial score (nSPS) is 13.9. The zero-order valence-corrected chi connectivity index (χ0v) is 10.3. The largest absolute Gasteiger partial charge is 0.497 e. The number of likely N-dealkylation sites (N-methyl/N-ethyl adjacent to an activating group) is 1. The second-order valence-corrected chi connectivity index (χ2v) is 4.28. The number of rotatable bonds is 5. The lowest BCUT2D eigenvalue weighted by atomic mass is 10.0. The van der Waals surface area contributed by atoms with E-state index < -0.39 is 11.5 Å². The number of methoxy groups -OCH3 is 1. The summed E-state index contributed by atoms with van der Waals surface area (Å²) in [6.45, 7) is 1.73. The third-order valence-electron chi connectivity index (χ3n) is 2.57. The highest BCUT2D eigenvalue weighted by molar-refractivity contribution is 5.79.